The molecule has 1 unspecified atom stereocenters. The van der Waals surface area contributed by atoms with E-state index in [0.717, 1.165) is 33.6 Å². The Hall–Kier alpha value is -2.24. The first kappa shape index (κ1) is 16.1. The number of aliphatic hydroxyl groups excluding tert-OH is 2. The molecule has 0 saturated heterocycles. The average molecular weight is 301 g/mol. The van der Waals surface area contributed by atoms with Crippen molar-refractivity contribution in [2.75, 3.05) is 29.9 Å². The third-order valence-corrected chi connectivity index (χ3v) is 3.81. The van der Waals surface area contributed by atoms with Crippen LogP contribution in [0.4, 0.5) is 17.1 Å². The van der Waals surface area contributed by atoms with Crippen LogP contribution in [-0.4, -0.2) is 29.5 Å². The molecule has 22 heavy (non-hydrogen) atoms. The Bertz CT molecular complexity index is 671. The molecular weight excluding hydrogens is 278 g/mol. The normalized spacial score (nSPS) is 12.2. The number of benzene rings is 2. The summed E-state index contributed by atoms with van der Waals surface area (Å²) in [6, 6.07) is 9.54. The van der Waals surface area contributed by atoms with Crippen molar-refractivity contribution < 1.29 is 10.2 Å². The predicted octanol–water partition coefficient (Wildman–Crippen LogP) is 1.90. The lowest BCUT2D eigenvalue weighted by Crippen LogP contribution is -2.23. The quantitative estimate of drug-likeness (QED) is 0.543. The molecule has 0 radical (unpaired) electrons. The monoisotopic (exact) mass is 301 g/mol. The Balaban J connectivity index is 2.45. The molecule has 1 atom stereocenters. The fourth-order valence-electron chi connectivity index (χ4n) is 2.39. The summed E-state index contributed by atoms with van der Waals surface area (Å²) in [5.74, 6) is 0. The molecule has 0 aliphatic carbocycles. The number of nitrogens with two attached hydrogens (primary N) is 2. The van der Waals surface area contributed by atoms with Crippen LogP contribution >= 0.6 is 0 Å². The van der Waals surface area contributed by atoms with Gasteiger partial charge in [-0.25, -0.2) is 0 Å². The molecule has 5 heteroatoms. The van der Waals surface area contributed by atoms with Gasteiger partial charge in [0.05, 0.1) is 12.7 Å². The van der Waals surface area contributed by atoms with Gasteiger partial charge >= 0.3 is 0 Å². The zero-order chi connectivity index (χ0) is 16.3. The molecule has 2 aromatic carbocycles. The second-order valence-corrected chi connectivity index (χ2v) is 5.49. The summed E-state index contributed by atoms with van der Waals surface area (Å²) >= 11 is 0. The van der Waals surface area contributed by atoms with E-state index in [9.17, 15) is 5.11 Å². The molecule has 2 rings (SSSR count). The Morgan fingerprint density at radius 1 is 1.09 bits per heavy atom. The van der Waals surface area contributed by atoms with E-state index >= 15 is 0 Å². The summed E-state index contributed by atoms with van der Waals surface area (Å²) < 4.78 is 0. The smallest absolute Gasteiger partial charge is 0.0942 e. The van der Waals surface area contributed by atoms with Crippen LogP contribution in [0.5, 0.6) is 0 Å². The van der Waals surface area contributed by atoms with Crippen LogP contribution in [0, 0.1) is 13.8 Å². The van der Waals surface area contributed by atoms with Gasteiger partial charge in [0.15, 0.2) is 0 Å². The zero-order valence-electron chi connectivity index (χ0n) is 12.9. The maximum absolute atomic E-state index is 9.51. The maximum atomic E-state index is 9.51. The van der Waals surface area contributed by atoms with Crippen molar-refractivity contribution in [3.05, 3.63) is 41.5 Å². The highest BCUT2D eigenvalue weighted by atomic mass is 16.3. The van der Waals surface area contributed by atoms with Crippen LogP contribution in [-0.2, 0) is 0 Å². The van der Waals surface area contributed by atoms with Gasteiger partial charge in [-0.15, -0.1) is 0 Å². The van der Waals surface area contributed by atoms with Gasteiger partial charge in [-0.3, -0.25) is 0 Å². The topological polar surface area (TPSA) is 105 Å². The molecule has 0 heterocycles. The number of anilines is 3. The molecule has 5 nitrogen and oxygen atoms in total. The van der Waals surface area contributed by atoms with Crippen LogP contribution in [0.1, 0.15) is 11.1 Å². The highest BCUT2D eigenvalue weighted by Gasteiger charge is 2.12. The first-order valence-corrected chi connectivity index (χ1v) is 7.22. The summed E-state index contributed by atoms with van der Waals surface area (Å²) in [6.45, 7) is 3.93. The number of hydrogen-bond acceptors (Lipinski definition) is 5. The van der Waals surface area contributed by atoms with E-state index < -0.39 is 6.10 Å². The number of nitrogens with one attached hydrogen (secondary N) is 1. The van der Waals surface area contributed by atoms with E-state index in [0.29, 0.717) is 5.69 Å². The minimum Gasteiger partial charge on any atom is -0.399 e. The highest BCUT2D eigenvalue weighted by molar-refractivity contribution is 5.85. The van der Waals surface area contributed by atoms with Crippen molar-refractivity contribution >= 4 is 17.1 Å². The third kappa shape index (κ3) is 3.32. The van der Waals surface area contributed by atoms with E-state index in [1.807, 2.05) is 38.1 Å². The molecule has 7 N–H and O–H groups in total. The second-order valence-electron chi connectivity index (χ2n) is 5.49. The lowest BCUT2D eigenvalue weighted by atomic mass is 9.95. The highest BCUT2D eigenvalue weighted by Crippen LogP contribution is 2.35. The third-order valence-electron chi connectivity index (χ3n) is 3.81. The minimum absolute atomic E-state index is 0.258. The van der Waals surface area contributed by atoms with E-state index in [4.69, 9.17) is 16.6 Å². The SMILES string of the molecule is Cc1ccc(-c2cc(N)ccc2NCC(O)CO)c(C)c1N. The molecule has 0 aliphatic heterocycles. The minimum atomic E-state index is -0.811. The average Bonchev–Trinajstić information content (AvgIpc) is 2.51. The van der Waals surface area contributed by atoms with Gasteiger partial charge in [0.1, 0.15) is 0 Å². The summed E-state index contributed by atoms with van der Waals surface area (Å²) in [4.78, 5) is 0. The van der Waals surface area contributed by atoms with Crippen LogP contribution in [0.3, 0.4) is 0 Å². The molecular formula is C17H23N3O2. The van der Waals surface area contributed by atoms with Gasteiger partial charge in [-0.2, -0.15) is 0 Å². The molecule has 2 aromatic rings. The van der Waals surface area contributed by atoms with Gasteiger partial charge in [0.2, 0.25) is 0 Å². The summed E-state index contributed by atoms with van der Waals surface area (Å²) in [7, 11) is 0. The van der Waals surface area contributed by atoms with Gasteiger partial charge in [0.25, 0.3) is 0 Å². The molecule has 0 fully saturated rings. The zero-order valence-corrected chi connectivity index (χ0v) is 12.9. The molecule has 0 aliphatic rings. The van der Waals surface area contributed by atoms with Crippen molar-refractivity contribution in [3.8, 4) is 11.1 Å². The lowest BCUT2D eigenvalue weighted by Gasteiger charge is -2.18. The first-order valence-electron chi connectivity index (χ1n) is 7.22. The van der Waals surface area contributed by atoms with Gasteiger partial charge in [-0.05, 0) is 48.7 Å². The standard InChI is InChI=1S/C17H23N3O2/c1-10-3-5-14(11(2)17(10)19)15-7-12(18)4-6-16(15)20-8-13(22)9-21/h3-7,13,20-22H,8-9,18-19H2,1-2H3. The predicted molar refractivity (Wildman–Crippen MR) is 91.8 cm³/mol. The van der Waals surface area contributed by atoms with Gasteiger partial charge in [-0.1, -0.05) is 12.1 Å². The Kier molecular flexibility index (Phi) is 4.90. The van der Waals surface area contributed by atoms with Crippen molar-refractivity contribution in [2.45, 2.75) is 20.0 Å². The van der Waals surface area contributed by atoms with Crippen LogP contribution in [0.15, 0.2) is 30.3 Å². The fraction of sp³-hybridized carbons (Fsp3) is 0.294. The van der Waals surface area contributed by atoms with E-state index in [2.05, 4.69) is 5.32 Å². The molecule has 0 amide bonds. The molecule has 0 aromatic heterocycles. The number of aryl methyl sites for hydroxylation is 1. The fourth-order valence-corrected chi connectivity index (χ4v) is 2.39. The summed E-state index contributed by atoms with van der Waals surface area (Å²) in [5.41, 5.74) is 18.3. The van der Waals surface area contributed by atoms with E-state index in [1.54, 1.807) is 6.07 Å². The maximum Gasteiger partial charge on any atom is 0.0942 e. The Morgan fingerprint density at radius 2 is 1.82 bits per heavy atom. The van der Waals surface area contributed by atoms with Gasteiger partial charge in [0, 0.05) is 29.2 Å². The van der Waals surface area contributed by atoms with E-state index in [-0.39, 0.29) is 13.2 Å². The first-order chi connectivity index (χ1) is 10.4. The van der Waals surface area contributed by atoms with Crippen LogP contribution in [0.25, 0.3) is 11.1 Å². The Labute approximate surface area is 130 Å². The molecule has 0 bridgehead atoms. The van der Waals surface area contributed by atoms with E-state index in [1.165, 1.54) is 0 Å². The summed E-state index contributed by atoms with van der Waals surface area (Å²) in [6.07, 6.45) is -0.811. The molecule has 0 saturated carbocycles. The number of rotatable bonds is 5. The number of aliphatic hydroxyl groups is 2. The van der Waals surface area contributed by atoms with Crippen molar-refractivity contribution in [1.82, 2.24) is 0 Å². The second kappa shape index (κ2) is 6.68. The molecule has 0 spiro atoms. The van der Waals surface area contributed by atoms with Crippen molar-refractivity contribution in [1.29, 1.82) is 0 Å². The Morgan fingerprint density at radius 3 is 2.50 bits per heavy atom. The molecule has 118 valence electrons. The lowest BCUT2D eigenvalue weighted by molar-refractivity contribution is 0.105. The van der Waals surface area contributed by atoms with Crippen molar-refractivity contribution in [2.24, 2.45) is 0 Å². The number of nitrogen functional groups attached to an aromatic ring is 2. The number of hydrogen-bond donors (Lipinski definition) is 5. The van der Waals surface area contributed by atoms with Crippen LogP contribution in [0.2, 0.25) is 0 Å². The largest absolute Gasteiger partial charge is 0.399 e. The van der Waals surface area contributed by atoms with Crippen LogP contribution < -0.4 is 16.8 Å². The van der Waals surface area contributed by atoms with Gasteiger partial charge < -0.3 is 27.0 Å². The van der Waals surface area contributed by atoms with Crippen molar-refractivity contribution in [3.63, 3.8) is 0 Å². The summed E-state index contributed by atoms with van der Waals surface area (Å²) in [5, 5.41) is 21.6.